The number of nitrogens with one attached hydrogen (secondary N) is 2. The molecule has 0 saturated carbocycles. The summed E-state index contributed by atoms with van der Waals surface area (Å²) in [6.07, 6.45) is 0.205. The highest BCUT2D eigenvalue weighted by Gasteiger charge is 2.39. The summed E-state index contributed by atoms with van der Waals surface area (Å²) in [6.45, 7) is 1.81. The molecule has 5 aromatic rings. The summed E-state index contributed by atoms with van der Waals surface area (Å²) in [5.74, 6) is -16.7. The second-order valence-electron chi connectivity index (χ2n) is 13.4. The van der Waals surface area contributed by atoms with Crippen molar-refractivity contribution in [1.82, 2.24) is 10.6 Å². The molecule has 0 bridgehead atoms. The topological polar surface area (TPSA) is 129 Å². The van der Waals surface area contributed by atoms with Crippen LogP contribution in [-0.2, 0) is 15.1 Å². The van der Waals surface area contributed by atoms with Crippen molar-refractivity contribution in [3.8, 4) is 11.5 Å². The average Bonchev–Trinajstić information content (AvgIpc) is 3.55. The molecule has 0 spiro atoms. The first kappa shape index (κ1) is 42.0. The Labute approximate surface area is 335 Å². The van der Waals surface area contributed by atoms with Crippen LogP contribution in [0, 0.1) is 29.1 Å². The minimum absolute atomic E-state index is 0.164. The van der Waals surface area contributed by atoms with Crippen molar-refractivity contribution in [2.75, 3.05) is 20.3 Å². The van der Waals surface area contributed by atoms with E-state index in [9.17, 15) is 41.1 Å². The zero-order valence-corrected chi connectivity index (χ0v) is 31.7. The fraction of sp³-hybridized carbons (Fsp3) is 0.227. The molecular formula is C44H37F5N2O8. The van der Waals surface area contributed by atoms with E-state index in [-0.39, 0.29) is 12.1 Å². The minimum Gasteiger partial charge on any atom is -0.497 e. The van der Waals surface area contributed by atoms with Gasteiger partial charge in [-0.25, -0.2) is 22.8 Å². The van der Waals surface area contributed by atoms with Gasteiger partial charge in [0.1, 0.15) is 17.5 Å². The summed E-state index contributed by atoms with van der Waals surface area (Å²) in [5, 5.41) is 4.60. The van der Waals surface area contributed by atoms with Crippen LogP contribution in [0.25, 0.3) is 0 Å². The molecule has 1 atom stereocenters. The highest BCUT2D eigenvalue weighted by Crippen LogP contribution is 2.41. The van der Waals surface area contributed by atoms with Gasteiger partial charge in [-0.05, 0) is 60.7 Å². The van der Waals surface area contributed by atoms with Crippen LogP contribution in [0.1, 0.15) is 92.0 Å². The second kappa shape index (κ2) is 18.3. The minimum atomic E-state index is -2.47. The highest BCUT2D eigenvalue weighted by atomic mass is 19.2. The van der Waals surface area contributed by atoms with Crippen LogP contribution < -0.4 is 20.1 Å². The Kier molecular flexibility index (Phi) is 13.0. The summed E-state index contributed by atoms with van der Waals surface area (Å²) in [6, 6.07) is 29.5. The smallest absolute Gasteiger partial charge is 0.407 e. The number of halogens is 5. The Morgan fingerprint density at radius 3 is 1.85 bits per heavy atom. The van der Waals surface area contributed by atoms with Gasteiger partial charge in [0.15, 0.2) is 0 Å². The molecule has 0 fully saturated rings. The number of carbonyl (C=O) groups is 4. The molecule has 306 valence electrons. The maximum absolute atomic E-state index is 14.3. The number of amides is 3. The van der Waals surface area contributed by atoms with Crippen LogP contribution in [0.3, 0.4) is 0 Å². The number of esters is 1. The van der Waals surface area contributed by atoms with E-state index in [2.05, 4.69) is 10.1 Å². The Morgan fingerprint density at radius 2 is 1.25 bits per heavy atom. The van der Waals surface area contributed by atoms with Crippen molar-refractivity contribution in [3.05, 3.63) is 165 Å². The van der Waals surface area contributed by atoms with Crippen molar-refractivity contribution in [2.45, 2.75) is 44.3 Å². The molecule has 59 heavy (non-hydrogen) atoms. The van der Waals surface area contributed by atoms with Gasteiger partial charge < -0.3 is 24.3 Å². The number of alkyl carbamates (subject to hydrolysis) is 1. The third-order valence-electron chi connectivity index (χ3n) is 9.73. The lowest BCUT2D eigenvalue weighted by Gasteiger charge is -2.36. The van der Waals surface area contributed by atoms with Gasteiger partial charge in [0.05, 0.1) is 23.8 Å². The lowest BCUT2D eigenvalue weighted by atomic mass is 9.80. The standard InChI is InChI=1S/C44H37F5N2O8/c1-25(32-31(22-21-30-33(32)41(53)51-40(30)52)42(54)59-39-37(48)35(46)34(45)36(47)38(39)49)58-43(55)50-23-11-3-4-12-24-57-44(26-13-7-5-8-14-26,27-15-9-6-10-16-27)28-17-19-29(56-2)20-18-28/h5-10,13-22,25H,3-4,11-12,23-24H2,1-2H3,(H,50,55)(H,51,52,53). The molecule has 1 heterocycles. The van der Waals surface area contributed by atoms with Gasteiger partial charge in [0.2, 0.25) is 34.8 Å². The summed E-state index contributed by atoms with van der Waals surface area (Å²) in [4.78, 5) is 51.2. The number of carbonyl (C=O) groups excluding carboxylic acids is 4. The van der Waals surface area contributed by atoms with E-state index in [1.165, 1.54) is 6.92 Å². The predicted octanol–water partition coefficient (Wildman–Crippen LogP) is 8.85. The van der Waals surface area contributed by atoms with Crippen molar-refractivity contribution in [3.63, 3.8) is 0 Å². The molecule has 1 aliphatic rings. The number of hydrogen-bond acceptors (Lipinski definition) is 8. The third kappa shape index (κ3) is 8.65. The molecule has 5 aromatic carbocycles. The van der Waals surface area contributed by atoms with Crippen LogP contribution in [0.4, 0.5) is 26.7 Å². The number of rotatable bonds is 16. The van der Waals surface area contributed by atoms with Gasteiger partial charge >= 0.3 is 12.1 Å². The van der Waals surface area contributed by atoms with E-state index in [4.69, 9.17) is 14.2 Å². The van der Waals surface area contributed by atoms with Crippen LogP contribution in [0.5, 0.6) is 11.5 Å². The fourth-order valence-corrected chi connectivity index (χ4v) is 6.89. The SMILES string of the molecule is COc1ccc(C(OCCCCCCNC(=O)OC(C)c2c(C(=O)Oc3c(F)c(F)c(F)c(F)c3F)ccc3c2C(=O)NC3=O)(c2ccccc2)c2ccccc2)cc1. The number of methoxy groups -OCH3 is 1. The molecule has 2 N–H and O–H groups in total. The molecular weight excluding hydrogens is 779 g/mol. The van der Waals surface area contributed by atoms with E-state index in [1.54, 1.807) is 7.11 Å². The fourth-order valence-electron chi connectivity index (χ4n) is 6.89. The molecule has 6 rings (SSSR count). The summed E-state index contributed by atoms with van der Waals surface area (Å²) < 4.78 is 92.1. The van der Waals surface area contributed by atoms with Gasteiger partial charge in [-0.1, -0.05) is 85.6 Å². The van der Waals surface area contributed by atoms with Gasteiger partial charge in [-0.2, -0.15) is 8.78 Å². The largest absolute Gasteiger partial charge is 0.497 e. The first-order valence-electron chi connectivity index (χ1n) is 18.5. The Bertz CT molecular complexity index is 2290. The maximum atomic E-state index is 14.3. The lowest BCUT2D eigenvalue weighted by Crippen LogP contribution is -2.33. The quantitative estimate of drug-likeness (QED) is 0.0148. The normalized spacial score (nSPS) is 12.7. The number of ether oxygens (including phenoxy) is 4. The van der Waals surface area contributed by atoms with Crippen LogP contribution >= 0.6 is 0 Å². The molecule has 10 nitrogen and oxygen atoms in total. The average molecular weight is 817 g/mol. The van der Waals surface area contributed by atoms with E-state index < -0.39 is 87.1 Å². The third-order valence-corrected chi connectivity index (χ3v) is 9.73. The van der Waals surface area contributed by atoms with Crippen LogP contribution in [0.2, 0.25) is 0 Å². The van der Waals surface area contributed by atoms with Crippen molar-refractivity contribution < 1.29 is 60.1 Å². The molecule has 3 amide bonds. The Morgan fingerprint density at radius 1 is 0.695 bits per heavy atom. The van der Waals surface area contributed by atoms with E-state index in [0.717, 1.165) is 35.2 Å². The molecule has 0 aliphatic carbocycles. The number of hydrogen-bond donors (Lipinski definition) is 2. The first-order valence-corrected chi connectivity index (χ1v) is 18.5. The zero-order chi connectivity index (χ0) is 42.3. The molecule has 0 aromatic heterocycles. The molecule has 15 heteroatoms. The highest BCUT2D eigenvalue weighted by molar-refractivity contribution is 6.23. The van der Waals surface area contributed by atoms with Gasteiger partial charge in [-0.3, -0.25) is 14.9 Å². The second-order valence-corrected chi connectivity index (χ2v) is 13.4. The zero-order valence-electron chi connectivity index (χ0n) is 31.7. The number of imide groups is 1. The monoisotopic (exact) mass is 816 g/mol. The molecule has 0 radical (unpaired) electrons. The van der Waals surface area contributed by atoms with E-state index in [1.807, 2.05) is 90.2 Å². The summed E-state index contributed by atoms with van der Waals surface area (Å²) >= 11 is 0. The van der Waals surface area contributed by atoms with Crippen LogP contribution in [-0.4, -0.2) is 44.1 Å². The Balaban J connectivity index is 1.07. The summed E-state index contributed by atoms with van der Waals surface area (Å²) in [5.41, 5.74) is 0.251. The number of unbranched alkanes of at least 4 members (excludes halogenated alkanes) is 3. The van der Waals surface area contributed by atoms with Crippen molar-refractivity contribution in [2.24, 2.45) is 0 Å². The number of fused-ring (bicyclic) bond motifs is 1. The Hall–Kier alpha value is -6.61. The predicted molar refractivity (Wildman–Crippen MR) is 203 cm³/mol. The van der Waals surface area contributed by atoms with Gasteiger partial charge in [-0.15, -0.1) is 0 Å². The summed E-state index contributed by atoms with van der Waals surface area (Å²) in [7, 11) is 1.61. The number of benzene rings is 5. The van der Waals surface area contributed by atoms with E-state index in [0.29, 0.717) is 31.6 Å². The van der Waals surface area contributed by atoms with Gasteiger partial charge in [0, 0.05) is 18.7 Å². The van der Waals surface area contributed by atoms with Gasteiger partial charge in [0.25, 0.3) is 11.8 Å². The van der Waals surface area contributed by atoms with E-state index >= 15 is 0 Å². The lowest BCUT2D eigenvalue weighted by molar-refractivity contribution is 0.0106. The first-order chi connectivity index (χ1) is 28.4. The molecule has 1 unspecified atom stereocenters. The maximum Gasteiger partial charge on any atom is 0.407 e. The van der Waals surface area contributed by atoms with Crippen molar-refractivity contribution in [1.29, 1.82) is 0 Å². The molecule has 0 saturated heterocycles. The van der Waals surface area contributed by atoms with Crippen LogP contribution in [0.15, 0.2) is 97.1 Å². The van der Waals surface area contributed by atoms with Crippen molar-refractivity contribution >= 4 is 23.9 Å². The molecule has 1 aliphatic heterocycles.